The van der Waals surface area contributed by atoms with Gasteiger partial charge in [-0.2, -0.15) is 0 Å². The molecule has 0 aliphatic carbocycles. The summed E-state index contributed by atoms with van der Waals surface area (Å²) in [6.07, 6.45) is -4.17. The zero-order valence-electron chi connectivity index (χ0n) is 18.0. The van der Waals surface area contributed by atoms with Crippen molar-refractivity contribution in [3.8, 4) is 11.4 Å². The van der Waals surface area contributed by atoms with E-state index in [4.69, 9.17) is 0 Å². The fourth-order valence-corrected chi connectivity index (χ4v) is 5.18. The average molecular weight is 508 g/mol. The van der Waals surface area contributed by atoms with Gasteiger partial charge in [-0.05, 0) is 36.8 Å². The molecule has 1 aliphatic heterocycles. The van der Waals surface area contributed by atoms with E-state index in [1.807, 2.05) is 31.2 Å². The third-order valence-corrected chi connectivity index (χ3v) is 6.98. The zero-order chi connectivity index (χ0) is 24.3. The van der Waals surface area contributed by atoms with E-state index >= 15 is 0 Å². The number of carbonyl (C=O) groups is 1. The van der Waals surface area contributed by atoms with Gasteiger partial charge in [-0.1, -0.05) is 41.6 Å². The molecule has 6 nitrogen and oxygen atoms in total. The summed E-state index contributed by atoms with van der Waals surface area (Å²) in [5.41, 5.74) is 2.80. The maximum atomic E-state index is 13.2. The second-order valence-electron chi connectivity index (χ2n) is 7.50. The van der Waals surface area contributed by atoms with Crippen LogP contribution in [0.4, 0.5) is 13.2 Å². The number of hydrogen-bond donors (Lipinski definition) is 1. The van der Waals surface area contributed by atoms with Crippen LogP contribution >= 0.6 is 23.5 Å². The second kappa shape index (κ2) is 10.1. The van der Waals surface area contributed by atoms with E-state index in [0.717, 1.165) is 40.8 Å². The number of fused-ring (bicyclic) bond motifs is 1. The summed E-state index contributed by atoms with van der Waals surface area (Å²) in [7, 11) is 0. The lowest BCUT2D eigenvalue weighted by Gasteiger charge is -2.15. The highest BCUT2D eigenvalue weighted by atomic mass is 32.2. The van der Waals surface area contributed by atoms with E-state index in [0.29, 0.717) is 34.4 Å². The molecule has 34 heavy (non-hydrogen) atoms. The predicted octanol–water partition coefficient (Wildman–Crippen LogP) is 4.50. The Morgan fingerprint density at radius 3 is 2.56 bits per heavy atom. The van der Waals surface area contributed by atoms with Gasteiger partial charge in [-0.15, -0.1) is 24.9 Å². The molecule has 1 N–H and O–H groups in total. The quantitative estimate of drug-likeness (QED) is 0.375. The molecule has 0 bridgehead atoms. The summed E-state index contributed by atoms with van der Waals surface area (Å²) in [6, 6.07) is 12.8. The van der Waals surface area contributed by atoms with E-state index in [1.165, 1.54) is 28.5 Å². The fourth-order valence-electron chi connectivity index (χ4n) is 3.30. The molecule has 0 fully saturated rings. The van der Waals surface area contributed by atoms with E-state index in [1.54, 1.807) is 0 Å². The molecule has 0 saturated heterocycles. The minimum atomic E-state index is -4.81. The van der Waals surface area contributed by atoms with Crippen molar-refractivity contribution in [2.75, 3.05) is 11.5 Å². The molecule has 2 heterocycles. The minimum absolute atomic E-state index is 0.0273. The van der Waals surface area contributed by atoms with Gasteiger partial charge in [0.15, 0.2) is 5.16 Å². The number of aromatic nitrogens is 2. The maximum absolute atomic E-state index is 13.2. The van der Waals surface area contributed by atoms with Crippen molar-refractivity contribution in [1.82, 2.24) is 14.9 Å². The van der Waals surface area contributed by atoms with Crippen LogP contribution < -0.4 is 15.6 Å². The molecule has 4 rings (SSSR count). The Morgan fingerprint density at radius 2 is 1.88 bits per heavy atom. The van der Waals surface area contributed by atoms with Gasteiger partial charge >= 0.3 is 6.36 Å². The van der Waals surface area contributed by atoms with Gasteiger partial charge in [0.2, 0.25) is 5.91 Å². The monoisotopic (exact) mass is 507 g/mol. The maximum Gasteiger partial charge on any atom is 0.573 e. The lowest BCUT2D eigenvalue weighted by atomic mass is 10.1. The van der Waals surface area contributed by atoms with Gasteiger partial charge in [0.25, 0.3) is 5.56 Å². The largest absolute Gasteiger partial charge is 0.573 e. The number of rotatable bonds is 7. The summed E-state index contributed by atoms with van der Waals surface area (Å²) in [6.45, 7) is 2.36. The molecule has 1 aliphatic rings. The first-order chi connectivity index (χ1) is 16.2. The van der Waals surface area contributed by atoms with Crippen molar-refractivity contribution in [1.29, 1.82) is 0 Å². The number of carbonyl (C=O) groups excluding carboxylic acids is 1. The molecule has 0 saturated carbocycles. The number of hydrogen-bond acceptors (Lipinski definition) is 6. The van der Waals surface area contributed by atoms with Gasteiger partial charge in [-0.3, -0.25) is 14.2 Å². The second-order valence-corrected chi connectivity index (χ2v) is 9.55. The topological polar surface area (TPSA) is 73.2 Å². The number of nitrogens with zero attached hydrogens (tertiary/aromatic N) is 2. The lowest BCUT2D eigenvalue weighted by Crippen LogP contribution is -2.27. The van der Waals surface area contributed by atoms with Crippen LogP contribution in [0.1, 0.15) is 16.8 Å². The lowest BCUT2D eigenvalue weighted by molar-refractivity contribution is -0.274. The number of ether oxygens (including phenoxy) is 1. The Morgan fingerprint density at radius 1 is 1.18 bits per heavy atom. The van der Waals surface area contributed by atoms with Crippen LogP contribution in [-0.4, -0.2) is 33.3 Å². The standard InChI is InChI=1S/C23H20F3N3O3S2/c1-14-2-4-15(5-3-14)12-27-19(30)13-34-22-28-18-10-11-33-20(18)21(31)29(22)16-6-8-17(9-7-16)32-23(24,25)26/h2-9H,10-13H2,1H3,(H,27,30). The van der Waals surface area contributed by atoms with E-state index in [9.17, 15) is 22.8 Å². The van der Waals surface area contributed by atoms with Crippen molar-refractivity contribution < 1.29 is 22.7 Å². The number of benzene rings is 2. The van der Waals surface area contributed by atoms with Crippen LogP contribution in [-0.2, 0) is 17.8 Å². The number of nitrogens with one attached hydrogen (secondary N) is 1. The summed E-state index contributed by atoms with van der Waals surface area (Å²) in [5.74, 6) is 0.133. The summed E-state index contributed by atoms with van der Waals surface area (Å²) < 4.78 is 42.7. The van der Waals surface area contributed by atoms with Gasteiger partial charge in [0.1, 0.15) is 5.75 Å². The molecule has 2 aromatic carbocycles. The summed E-state index contributed by atoms with van der Waals surface area (Å²) in [5, 5.41) is 3.15. The SMILES string of the molecule is Cc1ccc(CNC(=O)CSc2nc3c(c(=O)n2-c2ccc(OC(F)(F)F)cc2)SCC3)cc1. The number of halogens is 3. The van der Waals surface area contributed by atoms with Gasteiger partial charge < -0.3 is 10.1 Å². The smallest absolute Gasteiger partial charge is 0.406 e. The third-order valence-electron chi connectivity index (χ3n) is 4.94. The molecule has 0 unspecified atom stereocenters. The van der Waals surface area contributed by atoms with E-state index in [2.05, 4.69) is 15.0 Å². The zero-order valence-corrected chi connectivity index (χ0v) is 19.6. The molecule has 3 aromatic rings. The van der Waals surface area contributed by atoms with Crippen LogP contribution in [0.5, 0.6) is 5.75 Å². The Hall–Kier alpha value is -2.92. The molecule has 178 valence electrons. The summed E-state index contributed by atoms with van der Waals surface area (Å²) >= 11 is 2.50. The molecular weight excluding hydrogens is 487 g/mol. The molecule has 0 atom stereocenters. The third kappa shape index (κ3) is 5.95. The molecular formula is C23H20F3N3O3S2. The van der Waals surface area contributed by atoms with E-state index < -0.39 is 12.1 Å². The highest BCUT2D eigenvalue weighted by Crippen LogP contribution is 2.30. The normalized spacial score (nSPS) is 12.9. The molecule has 1 amide bonds. The van der Waals surface area contributed by atoms with Crippen molar-refractivity contribution in [2.24, 2.45) is 0 Å². The van der Waals surface area contributed by atoms with Crippen molar-refractivity contribution in [2.45, 2.75) is 36.3 Å². The van der Waals surface area contributed by atoms with Crippen LogP contribution in [0.2, 0.25) is 0 Å². The highest BCUT2D eigenvalue weighted by molar-refractivity contribution is 8.00. The Bertz CT molecular complexity index is 1240. The first-order valence-corrected chi connectivity index (χ1v) is 12.3. The Labute approximate surface area is 201 Å². The van der Waals surface area contributed by atoms with Gasteiger partial charge in [0, 0.05) is 18.7 Å². The van der Waals surface area contributed by atoms with Crippen LogP contribution in [0.15, 0.2) is 63.4 Å². The summed E-state index contributed by atoms with van der Waals surface area (Å²) in [4.78, 5) is 30.7. The highest BCUT2D eigenvalue weighted by Gasteiger charge is 2.31. The number of thioether (sulfide) groups is 2. The number of alkyl halides is 3. The van der Waals surface area contributed by atoms with Gasteiger partial charge in [-0.25, -0.2) is 4.98 Å². The molecule has 0 radical (unpaired) electrons. The van der Waals surface area contributed by atoms with Crippen LogP contribution in [0.3, 0.4) is 0 Å². The molecule has 1 aromatic heterocycles. The number of amides is 1. The Balaban J connectivity index is 1.53. The first-order valence-electron chi connectivity index (χ1n) is 10.3. The number of aryl methyl sites for hydroxylation is 2. The predicted molar refractivity (Wildman–Crippen MR) is 125 cm³/mol. The van der Waals surface area contributed by atoms with Crippen molar-refractivity contribution >= 4 is 29.4 Å². The Kier molecular flexibility index (Phi) is 7.22. The first kappa shape index (κ1) is 24.2. The molecule has 0 spiro atoms. The van der Waals surface area contributed by atoms with E-state index in [-0.39, 0.29) is 17.2 Å². The average Bonchev–Trinajstić information content (AvgIpc) is 3.26. The van der Waals surface area contributed by atoms with Crippen molar-refractivity contribution in [3.05, 3.63) is 75.7 Å². The van der Waals surface area contributed by atoms with Gasteiger partial charge in [0.05, 0.1) is 22.0 Å². The fraction of sp³-hybridized carbons (Fsp3) is 0.261. The van der Waals surface area contributed by atoms with Crippen molar-refractivity contribution in [3.63, 3.8) is 0 Å². The van der Waals surface area contributed by atoms with Crippen LogP contribution in [0, 0.1) is 6.92 Å². The van der Waals surface area contributed by atoms with Crippen LogP contribution in [0.25, 0.3) is 5.69 Å². The molecule has 11 heteroatoms. The minimum Gasteiger partial charge on any atom is -0.406 e.